The predicted molar refractivity (Wildman–Crippen MR) is 180 cm³/mol. The lowest BCUT2D eigenvalue weighted by Gasteiger charge is -2.07. The van der Waals surface area contributed by atoms with Gasteiger partial charge in [0, 0.05) is 12.8 Å². The monoisotopic (exact) mass is 571 g/mol. The normalized spacial score (nSPS) is 12.0. The summed E-state index contributed by atoms with van der Waals surface area (Å²) in [4.78, 5) is 24.0. The van der Waals surface area contributed by atoms with E-state index in [-0.39, 0.29) is 18.5 Å². The molecule has 0 aromatic carbocycles. The summed E-state index contributed by atoms with van der Waals surface area (Å²) in [6, 6.07) is 0. The molecule has 2 amide bonds. The average Bonchev–Trinajstić information content (AvgIpc) is 2.97. The van der Waals surface area contributed by atoms with Gasteiger partial charge in [-0.2, -0.15) is 0 Å². The van der Waals surface area contributed by atoms with E-state index in [0.29, 0.717) is 12.8 Å². The van der Waals surface area contributed by atoms with E-state index < -0.39 is 0 Å². The average molecular weight is 571 g/mol. The van der Waals surface area contributed by atoms with Crippen molar-refractivity contribution in [3.63, 3.8) is 0 Å². The van der Waals surface area contributed by atoms with E-state index in [1.54, 1.807) is 0 Å². The van der Waals surface area contributed by atoms with Crippen molar-refractivity contribution in [2.24, 2.45) is 0 Å². The van der Waals surface area contributed by atoms with E-state index in [1.165, 1.54) is 89.9 Å². The van der Waals surface area contributed by atoms with E-state index in [1.807, 2.05) is 0 Å². The Morgan fingerprint density at radius 2 is 0.732 bits per heavy atom. The zero-order valence-electron chi connectivity index (χ0n) is 27.1. The van der Waals surface area contributed by atoms with Crippen LogP contribution in [0.5, 0.6) is 0 Å². The predicted octanol–water partition coefficient (Wildman–Crippen LogP) is 10.8. The van der Waals surface area contributed by atoms with Gasteiger partial charge < -0.3 is 10.6 Å². The van der Waals surface area contributed by atoms with Gasteiger partial charge in [0.15, 0.2) is 0 Å². The molecule has 0 aliphatic heterocycles. The van der Waals surface area contributed by atoms with Gasteiger partial charge in [-0.25, -0.2) is 0 Å². The Hall–Kier alpha value is -2.10. The Morgan fingerprint density at radius 1 is 0.415 bits per heavy atom. The van der Waals surface area contributed by atoms with Crippen LogP contribution in [0.1, 0.15) is 168 Å². The first-order chi connectivity index (χ1) is 20.2. The molecule has 0 saturated carbocycles. The molecular formula is C37H66N2O2. The summed E-state index contributed by atoms with van der Waals surface area (Å²) < 4.78 is 0. The molecule has 0 atom stereocenters. The van der Waals surface area contributed by atoms with Crippen LogP contribution in [-0.4, -0.2) is 18.5 Å². The molecule has 0 unspecified atom stereocenters. The molecule has 0 aliphatic rings. The molecule has 2 N–H and O–H groups in total. The lowest BCUT2D eigenvalue weighted by molar-refractivity contribution is -0.123. The van der Waals surface area contributed by atoms with Crippen LogP contribution >= 0.6 is 0 Å². The van der Waals surface area contributed by atoms with Crippen molar-refractivity contribution >= 4 is 11.8 Å². The van der Waals surface area contributed by atoms with Gasteiger partial charge >= 0.3 is 0 Å². The fraction of sp³-hybridized carbons (Fsp3) is 0.730. The molecule has 41 heavy (non-hydrogen) atoms. The zero-order valence-corrected chi connectivity index (χ0v) is 27.1. The standard InChI is InChI=1S/C37H66N2O2/c1-3-5-7-9-11-13-15-17-19-21-23-25-27-29-31-33-36(40)38-35-39-37(41)34-32-30-28-26-24-22-20-18-16-14-12-10-8-6-4-2/h11-14,17-20H,3-10,15-16,21-35H2,1-2H3,(H,38,40)(H,39,41). The van der Waals surface area contributed by atoms with Crippen LogP contribution in [0.3, 0.4) is 0 Å². The van der Waals surface area contributed by atoms with Gasteiger partial charge in [0.05, 0.1) is 6.67 Å². The minimum atomic E-state index is 0.0352. The smallest absolute Gasteiger partial charge is 0.221 e. The van der Waals surface area contributed by atoms with E-state index in [9.17, 15) is 9.59 Å². The largest absolute Gasteiger partial charge is 0.339 e. The molecule has 0 bridgehead atoms. The van der Waals surface area contributed by atoms with Gasteiger partial charge in [-0.05, 0) is 77.0 Å². The fourth-order valence-electron chi connectivity index (χ4n) is 4.61. The van der Waals surface area contributed by atoms with Crippen molar-refractivity contribution in [1.82, 2.24) is 10.6 Å². The molecule has 0 rings (SSSR count). The molecule has 236 valence electrons. The lowest BCUT2D eigenvalue weighted by atomic mass is 10.1. The Morgan fingerprint density at radius 3 is 1.10 bits per heavy atom. The number of allylic oxidation sites excluding steroid dienone is 8. The van der Waals surface area contributed by atoms with Crippen LogP contribution < -0.4 is 10.6 Å². The Balaban J connectivity index is 3.41. The highest BCUT2D eigenvalue weighted by atomic mass is 16.2. The van der Waals surface area contributed by atoms with Gasteiger partial charge in [-0.3, -0.25) is 9.59 Å². The Kier molecular flexibility index (Phi) is 32.4. The molecule has 4 heteroatoms. The first-order valence-electron chi connectivity index (χ1n) is 17.3. The molecule has 0 heterocycles. The van der Waals surface area contributed by atoms with Crippen molar-refractivity contribution in [1.29, 1.82) is 0 Å². The summed E-state index contributed by atoms with van der Waals surface area (Å²) in [7, 11) is 0. The van der Waals surface area contributed by atoms with Crippen molar-refractivity contribution in [3.8, 4) is 0 Å². The van der Waals surface area contributed by atoms with Crippen LogP contribution in [0.4, 0.5) is 0 Å². The minimum absolute atomic E-state index is 0.0352. The van der Waals surface area contributed by atoms with Gasteiger partial charge in [-0.15, -0.1) is 0 Å². The minimum Gasteiger partial charge on any atom is -0.339 e. The number of nitrogens with one attached hydrogen (secondary N) is 2. The van der Waals surface area contributed by atoms with Gasteiger partial charge in [0.1, 0.15) is 0 Å². The maximum atomic E-state index is 12.0. The highest BCUT2D eigenvalue weighted by Crippen LogP contribution is 2.09. The second-order valence-corrected chi connectivity index (χ2v) is 11.3. The van der Waals surface area contributed by atoms with Gasteiger partial charge in [-0.1, -0.05) is 127 Å². The molecule has 4 nitrogen and oxygen atoms in total. The van der Waals surface area contributed by atoms with Crippen LogP contribution in [0.15, 0.2) is 48.6 Å². The lowest BCUT2D eigenvalue weighted by Crippen LogP contribution is -2.37. The first-order valence-corrected chi connectivity index (χ1v) is 17.3. The summed E-state index contributed by atoms with van der Waals surface area (Å²) in [6.07, 6.45) is 45.4. The van der Waals surface area contributed by atoms with Crippen molar-refractivity contribution in [2.75, 3.05) is 6.67 Å². The maximum Gasteiger partial charge on any atom is 0.221 e. The summed E-state index contributed by atoms with van der Waals surface area (Å²) in [5, 5.41) is 5.64. The Bertz CT molecular complexity index is 635. The fourth-order valence-corrected chi connectivity index (χ4v) is 4.61. The van der Waals surface area contributed by atoms with Crippen LogP contribution in [-0.2, 0) is 9.59 Å². The van der Waals surface area contributed by atoms with E-state index >= 15 is 0 Å². The van der Waals surface area contributed by atoms with E-state index in [2.05, 4.69) is 73.1 Å². The summed E-state index contributed by atoms with van der Waals surface area (Å²) in [5.74, 6) is 0.0704. The van der Waals surface area contributed by atoms with E-state index in [4.69, 9.17) is 0 Å². The maximum absolute atomic E-state index is 12.0. The van der Waals surface area contributed by atoms with Gasteiger partial charge in [0.25, 0.3) is 0 Å². The summed E-state index contributed by atoms with van der Waals surface area (Å²) in [5.41, 5.74) is 0. The van der Waals surface area contributed by atoms with Crippen LogP contribution in [0.2, 0.25) is 0 Å². The number of hydrogen-bond acceptors (Lipinski definition) is 2. The molecule has 0 saturated heterocycles. The molecule has 0 aromatic rings. The third kappa shape index (κ3) is 34.0. The van der Waals surface area contributed by atoms with Crippen molar-refractivity contribution < 1.29 is 9.59 Å². The number of amides is 2. The molecule has 0 fully saturated rings. The highest BCUT2D eigenvalue weighted by Gasteiger charge is 2.03. The molecular weight excluding hydrogens is 504 g/mol. The second kappa shape index (κ2) is 34.1. The van der Waals surface area contributed by atoms with E-state index in [0.717, 1.165) is 51.4 Å². The van der Waals surface area contributed by atoms with Crippen LogP contribution in [0.25, 0.3) is 0 Å². The number of unbranched alkanes of at least 4 members (excludes halogenated alkanes) is 16. The zero-order chi connectivity index (χ0) is 29.9. The topological polar surface area (TPSA) is 58.2 Å². The summed E-state index contributed by atoms with van der Waals surface area (Å²) >= 11 is 0. The van der Waals surface area contributed by atoms with Gasteiger partial charge in [0.2, 0.25) is 11.8 Å². The third-order valence-corrected chi connectivity index (χ3v) is 7.28. The third-order valence-electron chi connectivity index (χ3n) is 7.28. The molecule has 0 spiro atoms. The summed E-state index contributed by atoms with van der Waals surface area (Å²) in [6.45, 7) is 4.73. The molecule has 0 aromatic heterocycles. The SMILES string of the molecule is CCCCCC=CCC=CCCCCCCCC(=O)NCNC(=O)CCCCCCCC=CCC=CCCCCC. The number of carbonyl (C=O) groups excluding carboxylic acids is 2. The quantitative estimate of drug-likeness (QED) is 0.0512. The number of rotatable bonds is 30. The molecule has 0 aliphatic carbocycles. The second-order valence-electron chi connectivity index (χ2n) is 11.3. The first kappa shape index (κ1) is 38.9. The Labute approximate surface area is 255 Å². The number of hydrogen-bond donors (Lipinski definition) is 2. The van der Waals surface area contributed by atoms with Crippen LogP contribution in [0, 0.1) is 0 Å². The van der Waals surface area contributed by atoms with Crippen molar-refractivity contribution in [2.45, 2.75) is 168 Å². The van der Waals surface area contributed by atoms with Crippen molar-refractivity contribution in [3.05, 3.63) is 48.6 Å². The highest BCUT2D eigenvalue weighted by molar-refractivity contribution is 5.78. The molecule has 0 radical (unpaired) electrons. The number of carbonyl (C=O) groups is 2.